The summed E-state index contributed by atoms with van der Waals surface area (Å²) >= 11 is 5.50. The van der Waals surface area contributed by atoms with Gasteiger partial charge in [-0.25, -0.2) is 0 Å². The molecule has 1 atom stereocenters. The predicted molar refractivity (Wildman–Crippen MR) is 54.6 cm³/mol. The van der Waals surface area contributed by atoms with E-state index >= 15 is 0 Å². The Morgan fingerprint density at radius 3 is 2.58 bits per heavy atom. The summed E-state index contributed by atoms with van der Waals surface area (Å²) in [5.74, 6) is 1.25. The molecule has 0 bridgehead atoms. The lowest BCUT2D eigenvalue weighted by Crippen LogP contribution is -2.05. The first-order valence-electron chi connectivity index (χ1n) is 4.57. The smallest absolute Gasteiger partial charge is 0.0723 e. The molecule has 0 saturated carbocycles. The Morgan fingerprint density at radius 1 is 1.42 bits per heavy atom. The molecule has 72 valence electrons. The zero-order valence-electron chi connectivity index (χ0n) is 7.96. The second kappa shape index (κ2) is 7.63. The van der Waals surface area contributed by atoms with E-state index in [2.05, 4.69) is 13.8 Å². The van der Waals surface area contributed by atoms with E-state index in [0.717, 1.165) is 19.3 Å². The van der Waals surface area contributed by atoms with E-state index in [1.807, 2.05) is 12.2 Å². The number of halogens is 1. The summed E-state index contributed by atoms with van der Waals surface area (Å²) in [6.07, 6.45) is 6.41. The molecule has 1 nitrogen and oxygen atoms in total. The number of alkyl halides is 1. The van der Waals surface area contributed by atoms with Crippen molar-refractivity contribution in [3.63, 3.8) is 0 Å². The molecule has 0 fully saturated rings. The van der Waals surface area contributed by atoms with E-state index < -0.39 is 0 Å². The van der Waals surface area contributed by atoms with Crippen molar-refractivity contribution in [2.45, 2.75) is 39.2 Å². The Morgan fingerprint density at radius 2 is 2.08 bits per heavy atom. The predicted octanol–water partition coefficient (Wildman–Crippen LogP) is 2.97. The highest BCUT2D eigenvalue weighted by Gasteiger charge is 2.01. The van der Waals surface area contributed by atoms with Crippen molar-refractivity contribution in [1.82, 2.24) is 0 Å². The van der Waals surface area contributed by atoms with Crippen molar-refractivity contribution >= 4 is 11.6 Å². The molecular formula is C10H19ClO. The van der Waals surface area contributed by atoms with E-state index in [4.69, 9.17) is 11.6 Å². The maximum atomic E-state index is 9.40. The summed E-state index contributed by atoms with van der Waals surface area (Å²) in [6.45, 7) is 4.21. The van der Waals surface area contributed by atoms with Crippen LogP contribution in [0.3, 0.4) is 0 Å². The van der Waals surface area contributed by atoms with E-state index in [0.29, 0.717) is 11.8 Å². The van der Waals surface area contributed by atoms with Gasteiger partial charge < -0.3 is 5.11 Å². The third kappa shape index (κ3) is 8.09. The van der Waals surface area contributed by atoms with Crippen LogP contribution in [0.5, 0.6) is 0 Å². The van der Waals surface area contributed by atoms with Crippen LogP contribution in [0.2, 0.25) is 0 Å². The van der Waals surface area contributed by atoms with Gasteiger partial charge in [0.2, 0.25) is 0 Å². The number of allylic oxidation sites excluding steroid dienone is 1. The first kappa shape index (κ1) is 12.0. The fourth-order valence-corrected chi connectivity index (χ4v) is 1.16. The van der Waals surface area contributed by atoms with Crippen LogP contribution in [-0.4, -0.2) is 17.1 Å². The SMILES string of the molecule is CC(C)CC(O)/C=C\CCCCl. The van der Waals surface area contributed by atoms with Crippen LogP contribution in [-0.2, 0) is 0 Å². The lowest BCUT2D eigenvalue weighted by Gasteiger charge is -2.07. The molecule has 0 radical (unpaired) electrons. The Hall–Kier alpha value is -0.0100. The van der Waals surface area contributed by atoms with Crippen LogP contribution in [0.15, 0.2) is 12.2 Å². The Balaban J connectivity index is 3.40. The van der Waals surface area contributed by atoms with Crippen LogP contribution in [0.1, 0.15) is 33.1 Å². The minimum atomic E-state index is -0.277. The highest BCUT2D eigenvalue weighted by molar-refractivity contribution is 6.17. The average Bonchev–Trinajstić information content (AvgIpc) is 1.97. The van der Waals surface area contributed by atoms with Gasteiger partial charge >= 0.3 is 0 Å². The van der Waals surface area contributed by atoms with Crippen molar-refractivity contribution in [1.29, 1.82) is 0 Å². The molecule has 2 heteroatoms. The first-order valence-corrected chi connectivity index (χ1v) is 5.11. The van der Waals surface area contributed by atoms with Gasteiger partial charge in [-0.3, -0.25) is 0 Å². The molecule has 0 aromatic heterocycles. The van der Waals surface area contributed by atoms with Gasteiger partial charge in [0.1, 0.15) is 0 Å². The third-order valence-electron chi connectivity index (χ3n) is 1.58. The summed E-state index contributed by atoms with van der Waals surface area (Å²) in [6, 6.07) is 0. The minimum absolute atomic E-state index is 0.277. The molecule has 0 amide bonds. The van der Waals surface area contributed by atoms with Crippen molar-refractivity contribution in [3.05, 3.63) is 12.2 Å². The topological polar surface area (TPSA) is 20.2 Å². The lowest BCUT2D eigenvalue weighted by atomic mass is 10.1. The van der Waals surface area contributed by atoms with Crippen LogP contribution >= 0.6 is 11.6 Å². The van der Waals surface area contributed by atoms with Crippen LogP contribution in [0.4, 0.5) is 0 Å². The molecule has 12 heavy (non-hydrogen) atoms. The number of rotatable bonds is 6. The number of unbranched alkanes of at least 4 members (excludes halogenated alkanes) is 1. The summed E-state index contributed by atoms with van der Waals surface area (Å²) in [5.41, 5.74) is 0. The molecule has 0 heterocycles. The van der Waals surface area contributed by atoms with Crippen molar-refractivity contribution in [2.75, 3.05) is 5.88 Å². The molecule has 0 spiro atoms. The number of aliphatic hydroxyl groups excluding tert-OH is 1. The largest absolute Gasteiger partial charge is 0.389 e. The molecule has 0 saturated heterocycles. The lowest BCUT2D eigenvalue weighted by molar-refractivity contribution is 0.194. The molecule has 0 aliphatic rings. The molecule has 0 rings (SSSR count). The van der Waals surface area contributed by atoms with Gasteiger partial charge in [0.25, 0.3) is 0 Å². The zero-order chi connectivity index (χ0) is 9.40. The molecule has 0 aromatic carbocycles. The standard InChI is InChI=1S/C10H19ClO/c1-9(2)8-10(12)6-4-3-5-7-11/h4,6,9-10,12H,3,5,7-8H2,1-2H3/b6-4-. The average molecular weight is 191 g/mol. The number of hydrogen-bond acceptors (Lipinski definition) is 1. The highest BCUT2D eigenvalue weighted by atomic mass is 35.5. The molecule has 0 aliphatic heterocycles. The highest BCUT2D eigenvalue weighted by Crippen LogP contribution is 2.06. The fraction of sp³-hybridized carbons (Fsp3) is 0.800. The maximum absolute atomic E-state index is 9.40. The molecular weight excluding hydrogens is 172 g/mol. The second-order valence-electron chi connectivity index (χ2n) is 3.46. The van der Waals surface area contributed by atoms with Gasteiger partial charge in [-0.1, -0.05) is 26.0 Å². The van der Waals surface area contributed by atoms with Crippen molar-refractivity contribution in [3.8, 4) is 0 Å². The van der Waals surface area contributed by atoms with Gasteiger partial charge in [0, 0.05) is 5.88 Å². The van der Waals surface area contributed by atoms with E-state index in [1.165, 1.54) is 0 Å². The van der Waals surface area contributed by atoms with E-state index in [9.17, 15) is 5.11 Å². The molecule has 1 N–H and O–H groups in total. The van der Waals surface area contributed by atoms with Gasteiger partial charge in [0.05, 0.1) is 6.10 Å². The van der Waals surface area contributed by atoms with Crippen molar-refractivity contribution < 1.29 is 5.11 Å². The van der Waals surface area contributed by atoms with Gasteiger partial charge in [-0.2, -0.15) is 0 Å². The Kier molecular flexibility index (Phi) is 7.62. The summed E-state index contributed by atoms with van der Waals surface area (Å²) in [4.78, 5) is 0. The number of hydrogen-bond donors (Lipinski definition) is 1. The first-order chi connectivity index (χ1) is 5.66. The van der Waals surface area contributed by atoms with E-state index in [-0.39, 0.29) is 6.10 Å². The quantitative estimate of drug-likeness (QED) is 0.388. The number of aliphatic hydroxyl groups is 1. The Bertz CT molecular complexity index is 121. The van der Waals surface area contributed by atoms with Gasteiger partial charge in [0.15, 0.2) is 0 Å². The second-order valence-corrected chi connectivity index (χ2v) is 3.83. The molecule has 0 aromatic rings. The van der Waals surface area contributed by atoms with Crippen LogP contribution in [0.25, 0.3) is 0 Å². The normalized spacial score (nSPS) is 14.4. The summed E-state index contributed by atoms with van der Waals surface area (Å²) in [7, 11) is 0. The monoisotopic (exact) mass is 190 g/mol. The zero-order valence-corrected chi connectivity index (χ0v) is 8.72. The summed E-state index contributed by atoms with van der Waals surface area (Å²) < 4.78 is 0. The van der Waals surface area contributed by atoms with Gasteiger partial charge in [-0.05, 0) is 25.2 Å². The third-order valence-corrected chi connectivity index (χ3v) is 1.84. The molecule has 1 unspecified atom stereocenters. The van der Waals surface area contributed by atoms with Crippen LogP contribution in [0, 0.1) is 5.92 Å². The van der Waals surface area contributed by atoms with Crippen molar-refractivity contribution in [2.24, 2.45) is 5.92 Å². The minimum Gasteiger partial charge on any atom is -0.389 e. The summed E-state index contributed by atoms with van der Waals surface area (Å²) in [5, 5.41) is 9.40. The van der Waals surface area contributed by atoms with Crippen LogP contribution < -0.4 is 0 Å². The van der Waals surface area contributed by atoms with Gasteiger partial charge in [-0.15, -0.1) is 11.6 Å². The maximum Gasteiger partial charge on any atom is 0.0723 e. The fourth-order valence-electron chi connectivity index (χ4n) is 1.01. The molecule has 0 aliphatic carbocycles. The van der Waals surface area contributed by atoms with E-state index in [1.54, 1.807) is 0 Å². The Labute approximate surface area is 80.4 Å².